The van der Waals surface area contributed by atoms with Gasteiger partial charge in [-0.1, -0.05) is 0 Å². The van der Waals surface area contributed by atoms with Crippen LogP contribution in [-0.4, -0.2) is 4.98 Å². The first-order valence-corrected chi connectivity index (χ1v) is 3.79. The molecule has 0 saturated carbocycles. The first-order chi connectivity index (χ1) is 4.88. The Bertz CT molecular complexity index is 227. The van der Waals surface area contributed by atoms with Gasteiger partial charge < -0.3 is 10.7 Å². The molecule has 54 valence electrons. The number of H-pyrrole nitrogens is 1. The largest absolute Gasteiger partial charge is 0.365 e. The van der Waals surface area contributed by atoms with E-state index in [0.717, 1.165) is 6.42 Å². The van der Waals surface area contributed by atoms with Gasteiger partial charge in [-0.15, -0.1) is 0 Å². The van der Waals surface area contributed by atoms with Crippen LogP contribution in [0.15, 0.2) is 12.3 Å². The van der Waals surface area contributed by atoms with Gasteiger partial charge in [-0.3, -0.25) is 0 Å². The van der Waals surface area contributed by atoms with Crippen LogP contribution in [0.25, 0.3) is 0 Å². The summed E-state index contributed by atoms with van der Waals surface area (Å²) in [5.41, 5.74) is 8.54. The van der Waals surface area contributed by atoms with Crippen molar-refractivity contribution >= 4 is 0 Å². The molecule has 0 saturated heterocycles. The van der Waals surface area contributed by atoms with Gasteiger partial charge >= 0.3 is 0 Å². The first-order valence-electron chi connectivity index (χ1n) is 3.79. The van der Waals surface area contributed by atoms with E-state index in [4.69, 9.17) is 5.73 Å². The quantitative estimate of drug-likeness (QED) is 0.555. The van der Waals surface area contributed by atoms with Crippen LogP contribution in [0.2, 0.25) is 0 Å². The molecule has 1 atom stereocenters. The number of hydrogen-bond donors (Lipinski definition) is 2. The first kappa shape index (κ1) is 5.98. The van der Waals surface area contributed by atoms with E-state index < -0.39 is 0 Å². The number of aromatic nitrogens is 1. The van der Waals surface area contributed by atoms with Crippen LogP contribution >= 0.6 is 0 Å². The number of hydrogen-bond acceptors (Lipinski definition) is 1. The highest BCUT2D eigenvalue weighted by Crippen LogP contribution is 2.26. The molecule has 0 unspecified atom stereocenters. The van der Waals surface area contributed by atoms with Crippen molar-refractivity contribution in [3.8, 4) is 0 Å². The van der Waals surface area contributed by atoms with Crippen molar-refractivity contribution in [2.75, 3.05) is 0 Å². The van der Waals surface area contributed by atoms with Crippen LogP contribution in [-0.2, 0) is 6.42 Å². The Morgan fingerprint density at radius 2 is 2.50 bits per heavy atom. The van der Waals surface area contributed by atoms with Crippen molar-refractivity contribution in [2.24, 2.45) is 5.73 Å². The lowest BCUT2D eigenvalue weighted by Gasteiger charge is -2.17. The Morgan fingerprint density at radius 1 is 1.60 bits per heavy atom. The van der Waals surface area contributed by atoms with E-state index in [2.05, 4.69) is 11.1 Å². The molecular weight excluding hydrogens is 124 g/mol. The van der Waals surface area contributed by atoms with Crippen LogP contribution in [0, 0.1) is 0 Å². The van der Waals surface area contributed by atoms with E-state index >= 15 is 0 Å². The molecule has 0 bridgehead atoms. The molecule has 0 fully saturated rings. The molecule has 1 aliphatic carbocycles. The van der Waals surface area contributed by atoms with Gasteiger partial charge in [0.05, 0.1) is 0 Å². The zero-order valence-corrected chi connectivity index (χ0v) is 5.93. The van der Waals surface area contributed by atoms with E-state index in [1.165, 1.54) is 24.1 Å². The minimum atomic E-state index is 0.287. The van der Waals surface area contributed by atoms with Gasteiger partial charge in [0.2, 0.25) is 0 Å². The van der Waals surface area contributed by atoms with Gasteiger partial charge in [0.1, 0.15) is 0 Å². The van der Waals surface area contributed by atoms with Crippen LogP contribution in [0.4, 0.5) is 0 Å². The van der Waals surface area contributed by atoms with Gasteiger partial charge in [0.25, 0.3) is 0 Å². The highest BCUT2D eigenvalue weighted by atomic mass is 14.7. The second-order valence-electron chi connectivity index (χ2n) is 2.91. The van der Waals surface area contributed by atoms with Crippen molar-refractivity contribution in [1.29, 1.82) is 0 Å². The zero-order valence-electron chi connectivity index (χ0n) is 5.93. The van der Waals surface area contributed by atoms with Crippen molar-refractivity contribution in [3.63, 3.8) is 0 Å². The molecule has 0 amide bonds. The molecule has 0 radical (unpaired) electrons. The van der Waals surface area contributed by atoms with Crippen molar-refractivity contribution < 1.29 is 0 Å². The van der Waals surface area contributed by atoms with E-state index in [0.29, 0.717) is 0 Å². The fourth-order valence-corrected chi connectivity index (χ4v) is 1.63. The minimum Gasteiger partial charge on any atom is -0.365 e. The molecule has 2 rings (SSSR count). The lowest BCUT2D eigenvalue weighted by molar-refractivity contribution is 0.567. The van der Waals surface area contributed by atoms with Crippen LogP contribution in [0.5, 0.6) is 0 Å². The summed E-state index contributed by atoms with van der Waals surface area (Å²) in [5, 5.41) is 0. The third kappa shape index (κ3) is 0.762. The van der Waals surface area contributed by atoms with Crippen molar-refractivity contribution in [3.05, 3.63) is 23.5 Å². The van der Waals surface area contributed by atoms with Gasteiger partial charge in [0.15, 0.2) is 0 Å². The molecule has 0 aliphatic heterocycles. The second-order valence-corrected chi connectivity index (χ2v) is 2.91. The summed E-state index contributed by atoms with van der Waals surface area (Å²) in [5.74, 6) is 0. The highest BCUT2D eigenvalue weighted by molar-refractivity contribution is 5.26. The Kier molecular flexibility index (Phi) is 1.27. The topological polar surface area (TPSA) is 41.8 Å². The molecule has 3 N–H and O–H groups in total. The highest BCUT2D eigenvalue weighted by Gasteiger charge is 2.16. The summed E-state index contributed by atoms with van der Waals surface area (Å²) in [6.45, 7) is 0. The summed E-state index contributed by atoms with van der Waals surface area (Å²) in [7, 11) is 0. The van der Waals surface area contributed by atoms with Gasteiger partial charge in [-0.25, -0.2) is 0 Å². The van der Waals surface area contributed by atoms with Gasteiger partial charge in [0, 0.05) is 17.9 Å². The van der Waals surface area contributed by atoms with E-state index in [-0.39, 0.29) is 6.04 Å². The van der Waals surface area contributed by atoms with Crippen LogP contribution in [0.3, 0.4) is 0 Å². The van der Waals surface area contributed by atoms with Gasteiger partial charge in [-0.2, -0.15) is 0 Å². The second kappa shape index (κ2) is 2.13. The summed E-state index contributed by atoms with van der Waals surface area (Å²) >= 11 is 0. The number of nitrogens with two attached hydrogens (primary N) is 1. The zero-order chi connectivity index (χ0) is 6.97. The molecular formula is C8H12N2. The Hall–Kier alpha value is -0.760. The summed E-state index contributed by atoms with van der Waals surface area (Å²) in [6, 6.07) is 2.38. The van der Waals surface area contributed by atoms with E-state index in [1.54, 1.807) is 0 Å². The molecule has 0 spiro atoms. The Morgan fingerprint density at radius 3 is 3.30 bits per heavy atom. The SMILES string of the molecule is N[C@@H]1CCCc2[nH]ccc21. The average Bonchev–Trinajstić information content (AvgIpc) is 2.36. The molecule has 1 heterocycles. The Labute approximate surface area is 60.4 Å². The lowest BCUT2D eigenvalue weighted by Crippen LogP contribution is -2.15. The fourth-order valence-electron chi connectivity index (χ4n) is 1.63. The molecule has 10 heavy (non-hydrogen) atoms. The molecule has 1 aromatic rings. The summed E-state index contributed by atoms with van der Waals surface area (Å²) in [6.07, 6.45) is 5.53. The summed E-state index contributed by atoms with van der Waals surface area (Å²) in [4.78, 5) is 3.21. The normalized spacial score (nSPS) is 24.3. The molecule has 0 aromatic carbocycles. The number of rotatable bonds is 0. The monoisotopic (exact) mass is 136 g/mol. The lowest BCUT2D eigenvalue weighted by atomic mass is 9.94. The predicted molar refractivity (Wildman–Crippen MR) is 40.7 cm³/mol. The third-order valence-electron chi connectivity index (χ3n) is 2.21. The van der Waals surface area contributed by atoms with Crippen LogP contribution < -0.4 is 5.73 Å². The van der Waals surface area contributed by atoms with Crippen molar-refractivity contribution in [2.45, 2.75) is 25.3 Å². The van der Waals surface area contributed by atoms with Crippen LogP contribution in [0.1, 0.15) is 30.1 Å². The smallest absolute Gasteiger partial charge is 0.0312 e. The summed E-state index contributed by atoms with van der Waals surface area (Å²) < 4.78 is 0. The van der Waals surface area contributed by atoms with Crippen molar-refractivity contribution in [1.82, 2.24) is 4.98 Å². The Balaban J connectivity index is 2.41. The maximum Gasteiger partial charge on any atom is 0.0312 e. The molecule has 2 heteroatoms. The molecule has 2 nitrogen and oxygen atoms in total. The number of nitrogens with one attached hydrogen (secondary N) is 1. The predicted octanol–water partition coefficient (Wildman–Crippen LogP) is 1.35. The maximum atomic E-state index is 5.87. The molecule has 1 aromatic heterocycles. The number of fused-ring (bicyclic) bond motifs is 1. The minimum absolute atomic E-state index is 0.287. The van der Waals surface area contributed by atoms with Gasteiger partial charge in [-0.05, 0) is 30.9 Å². The third-order valence-corrected chi connectivity index (χ3v) is 2.21. The average molecular weight is 136 g/mol. The maximum absolute atomic E-state index is 5.87. The molecule has 1 aliphatic rings. The fraction of sp³-hybridized carbons (Fsp3) is 0.500. The standard InChI is InChI=1S/C8H12N2/c9-7-2-1-3-8-6(7)4-5-10-8/h4-5,7,10H,1-3,9H2/t7-/m1/s1. The van der Waals surface area contributed by atoms with E-state index in [1.807, 2.05) is 6.20 Å². The number of aromatic amines is 1. The van der Waals surface area contributed by atoms with E-state index in [9.17, 15) is 0 Å². The number of aryl methyl sites for hydroxylation is 1.